The molecule has 0 aliphatic carbocycles. The average Bonchev–Trinajstić information content (AvgIpc) is 2.61. The lowest BCUT2D eigenvalue weighted by Gasteiger charge is -2.00. The summed E-state index contributed by atoms with van der Waals surface area (Å²) in [6, 6.07) is 19.1. The fourth-order valence-electron chi connectivity index (χ4n) is 2.03. The number of benzene rings is 3. The molecule has 25 heavy (non-hydrogen) atoms. The van der Waals surface area contributed by atoms with Crippen LogP contribution in [0.2, 0.25) is 10.0 Å². The summed E-state index contributed by atoms with van der Waals surface area (Å²) in [5, 5.41) is 19.5. The summed E-state index contributed by atoms with van der Waals surface area (Å²) < 4.78 is 0. The Morgan fingerprint density at radius 1 is 0.720 bits per heavy atom. The number of aromatic hydroxyl groups is 1. The van der Waals surface area contributed by atoms with Crippen molar-refractivity contribution in [3.05, 3.63) is 82.3 Å². The number of hydrogen-bond acceptors (Lipinski definition) is 4. The van der Waals surface area contributed by atoms with Crippen LogP contribution in [-0.4, -0.2) is 11.3 Å². The highest BCUT2D eigenvalue weighted by Crippen LogP contribution is 2.26. The fourth-order valence-corrected chi connectivity index (χ4v) is 2.34. The molecule has 3 aromatic carbocycles. The number of hydrogen-bond donors (Lipinski definition) is 1. The van der Waals surface area contributed by atoms with Crippen molar-refractivity contribution in [1.29, 1.82) is 0 Å². The van der Waals surface area contributed by atoms with Crippen molar-refractivity contribution in [1.82, 2.24) is 0 Å². The zero-order chi connectivity index (χ0) is 17.6. The highest BCUT2D eigenvalue weighted by Gasteiger charge is 2.01. The summed E-state index contributed by atoms with van der Waals surface area (Å²) >= 11 is 11.8. The first-order valence-corrected chi connectivity index (χ1v) is 8.16. The van der Waals surface area contributed by atoms with Crippen molar-refractivity contribution in [2.45, 2.75) is 0 Å². The molecule has 0 unspecified atom stereocenters. The molecule has 0 aromatic heterocycles. The number of halogens is 2. The van der Waals surface area contributed by atoms with Crippen LogP contribution in [0.3, 0.4) is 0 Å². The Morgan fingerprint density at radius 3 is 2.12 bits per heavy atom. The van der Waals surface area contributed by atoms with Crippen LogP contribution in [0.5, 0.6) is 5.75 Å². The van der Waals surface area contributed by atoms with Crippen molar-refractivity contribution in [2.75, 3.05) is 0 Å². The molecule has 3 aromatic rings. The maximum Gasteiger partial charge on any atom is 0.124 e. The first-order valence-electron chi connectivity index (χ1n) is 7.40. The molecule has 0 spiro atoms. The van der Waals surface area contributed by atoms with Crippen LogP contribution < -0.4 is 0 Å². The maximum absolute atomic E-state index is 9.98. The number of azo groups is 1. The third-order valence-corrected chi connectivity index (χ3v) is 3.77. The van der Waals surface area contributed by atoms with E-state index in [1.165, 1.54) is 0 Å². The van der Waals surface area contributed by atoms with Crippen molar-refractivity contribution in [2.24, 2.45) is 15.2 Å². The molecule has 6 heteroatoms. The molecule has 0 fully saturated rings. The summed E-state index contributed by atoms with van der Waals surface area (Å²) in [5.74, 6) is 0.111. The van der Waals surface area contributed by atoms with E-state index in [9.17, 15) is 5.11 Å². The molecule has 0 aliphatic rings. The van der Waals surface area contributed by atoms with E-state index < -0.39 is 0 Å². The summed E-state index contributed by atoms with van der Waals surface area (Å²) in [7, 11) is 0. The molecule has 0 bridgehead atoms. The van der Waals surface area contributed by atoms with Gasteiger partial charge in [0.05, 0.1) is 17.1 Å². The van der Waals surface area contributed by atoms with E-state index in [-0.39, 0.29) is 5.75 Å². The van der Waals surface area contributed by atoms with Crippen LogP contribution in [0.1, 0.15) is 5.56 Å². The van der Waals surface area contributed by atoms with E-state index in [0.717, 1.165) is 5.69 Å². The van der Waals surface area contributed by atoms with Gasteiger partial charge in [-0.2, -0.15) is 10.2 Å². The number of phenols is 1. The van der Waals surface area contributed by atoms with Gasteiger partial charge in [0.2, 0.25) is 0 Å². The first kappa shape index (κ1) is 17.1. The molecule has 0 heterocycles. The third kappa shape index (κ3) is 4.89. The zero-order valence-electron chi connectivity index (χ0n) is 13.0. The normalized spacial score (nSPS) is 11.4. The summed E-state index contributed by atoms with van der Waals surface area (Å²) in [5.41, 5.74) is 2.51. The van der Waals surface area contributed by atoms with Crippen LogP contribution in [-0.2, 0) is 0 Å². The molecule has 3 rings (SSSR count). The van der Waals surface area contributed by atoms with Gasteiger partial charge < -0.3 is 5.11 Å². The van der Waals surface area contributed by atoms with Gasteiger partial charge in [-0.1, -0.05) is 29.3 Å². The van der Waals surface area contributed by atoms with E-state index in [0.29, 0.717) is 27.0 Å². The number of nitrogens with zero attached hydrogens (tertiary/aromatic N) is 3. The Kier molecular flexibility index (Phi) is 5.43. The van der Waals surface area contributed by atoms with Gasteiger partial charge in [0.25, 0.3) is 0 Å². The Bertz CT molecular complexity index is 938. The zero-order valence-corrected chi connectivity index (χ0v) is 14.5. The van der Waals surface area contributed by atoms with E-state index in [2.05, 4.69) is 15.2 Å². The van der Waals surface area contributed by atoms with E-state index in [4.69, 9.17) is 23.2 Å². The Hall–Kier alpha value is -2.69. The summed E-state index contributed by atoms with van der Waals surface area (Å²) in [4.78, 5) is 4.32. The predicted molar refractivity (Wildman–Crippen MR) is 102 cm³/mol. The van der Waals surface area contributed by atoms with Gasteiger partial charge in [-0.25, -0.2) is 0 Å². The highest BCUT2D eigenvalue weighted by atomic mass is 35.5. The lowest BCUT2D eigenvalue weighted by Crippen LogP contribution is -1.82. The Labute approximate surface area is 155 Å². The molecule has 1 N–H and O–H groups in total. The van der Waals surface area contributed by atoms with Crippen molar-refractivity contribution >= 4 is 46.5 Å². The standard InChI is InChI=1S/C19H13Cl2N3O/c20-14-4-6-16(7-5-14)22-12-13-10-18(8-9-19(13)25)24-23-17-3-1-2-15(21)11-17/h1-12,25H. The maximum atomic E-state index is 9.98. The topological polar surface area (TPSA) is 57.3 Å². The van der Waals surface area contributed by atoms with Crippen molar-refractivity contribution < 1.29 is 5.11 Å². The van der Waals surface area contributed by atoms with Crippen LogP contribution in [0, 0.1) is 0 Å². The molecule has 0 atom stereocenters. The third-order valence-electron chi connectivity index (χ3n) is 3.28. The van der Waals surface area contributed by atoms with E-state index in [1.54, 1.807) is 72.9 Å². The molecule has 0 aliphatic heterocycles. The van der Waals surface area contributed by atoms with E-state index >= 15 is 0 Å². The molecular formula is C19H13Cl2N3O. The molecule has 0 radical (unpaired) electrons. The molecule has 0 saturated carbocycles. The predicted octanol–water partition coefficient (Wildman–Crippen LogP) is 6.87. The van der Waals surface area contributed by atoms with Gasteiger partial charge in [0.15, 0.2) is 0 Å². The van der Waals surface area contributed by atoms with Gasteiger partial charge in [0, 0.05) is 21.8 Å². The van der Waals surface area contributed by atoms with Gasteiger partial charge in [-0.3, -0.25) is 4.99 Å². The smallest absolute Gasteiger partial charge is 0.124 e. The van der Waals surface area contributed by atoms with Gasteiger partial charge in [-0.15, -0.1) is 0 Å². The van der Waals surface area contributed by atoms with Gasteiger partial charge >= 0.3 is 0 Å². The quantitative estimate of drug-likeness (QED) is 0.396. The van der Waals surface area contributed by atoms with Gasteiger partial charge in [-0.05, 0) is 60.7 Å². The van der Waals surface area contributed by atoms with E-state index in [1.807, 2.05) is 0 Å². The average molecular weight is 370 g/mol. The van der Waals surface area contributed by atoms with Crippen molar-refractivity contribution in [3.63, 3.8) is 0 Å². The lowest BCUT2D eigenvalue weighted by atomic mass is 10.2. The van der Waals surface area contributed by atoms with Crippen molar-refractivity contribution in [3.8, 4) is 5.75 Å². The first-order chi connectivity index (χ1) is 12.1. The minimum Gasteiger partial charge on any atom is -0.507 e. The lowest BCUT2D eigenvalue weighted by molar-refractivity contribution is 0.474. The molecule has 124 valence electrons. The van der Waals surface area contributed by atoms with Crippen LogP contribution in [0.4, 0.5) is 17.1 Å². The van der Waals surface area contributed by atoms with Gasteiger partial charge in [0.1, 0.15) is 5.75 Å². The molecular weight excluding hydrogens is 357 g/mol. The molecule has 0 amide bonds. The fraction of sp³-hybridized carbons (Fsp3) is 0. The molecule has 4 nitrogen and oxygen atoms in total. The second-order valence-electron chi connectivity index (χ2n) is 5.16. The largest absolute Gasteiger partial charge is 0.507 e. The minimum absolute atomic E-state index is 0.111. The number of phenolic OH excluding ortho intramolecular Hbond substituents is 1. The van der Waals surface area contributed by atoms with Crippen LogP contribution >= 0.6 is 23.2 Å². The second-order valence-corrected chi connectivity index (χ2v) is 6.03. The summed E-state index contributed by atoms with van der Waals surface area (Å²) in [6.45, 7) is 0. The van der Waals surface area contributed by atoms with Crippen LogP contribution in [0.25, 0.3) is 0 Å². The van der Waals surface area contributed by atoms with Crippen LogP contribution in [0.15, 0.2) is 82.0 Å². The Morgan fingerprint density at radius 2 is 1.40 bits per heavy atom. The number of aliphatic imine (C=N–C) groups is 1. The Balaban J connectivity index is 1.81. The highest BCUT2D eigenvalue weighted by molar-refractivity contribution is 6.31. The monoisotopic (exact) mass is 369 g/mol. The minimum atomic E-state index is 0.111. The molecule has 0 saturated heterocycles. The summed E-state index contributed by atoms with van der Waals surface area (Å²) in [6.07, 6.45) is 1.57. The second kappa shape index (κ2) is 7.92. The number of rotatable bonds is 4. The SMILES string of the molecule is Oc1ccc(N=Nc2cccc(Cl)c2)cc1C=Nc1ccc(Cl)cc1.